The fourth-order valence-electron chi connectivity index (χ4n) is 2.82. The molecule has 0 spiro atoms. The first-order valence-electron chi connectivity index (χ1n) is 9.98. The standard InChI is InChI=1S/C24H22BrN3O4S/c1-31-19-10-7-17(8-11-19)23(30)27-28-24(33)26-22(29)18-9-12-21(20(25)15-18)32-14-13-16-5-3-2-4-6-16/h2-12,15H,13-14H2,1H3,(H,27,30)(H2,26,28,29,33). The van der Waals surface area contributed by atoms with Crippen molar-refractivity contribution in [1.82, 2.24) is 16.2 Å². The lowest BCUT2D eigenvalue weighted by Crippen LogP contribution is -2.48. The number of hydrazine groups is 1. The van der Waals surface area contributed by atoms with Crippen molar-refractivity contribution in [2.24, 2.45) is 0 Å². The van der Waals surface area contributed by atoms with Crippen LogP contribution in [0.15, 0.2) is 77.3 Å². The van der Waals surface area contributed by atoms with E-state index in [1.165, 1.54) is 5.56 Å². The summed E-state index contributed by atoms with van der Waals surface area (Å²) in [6, 6.07) is 21.6. The summed E-state index contributed by atoms with van der Waals surface area (Å²) in [4.78, 5) is 24.6. The molecule has 170 valence electrons. The highest BCUT2D eigenvalue weighted by Gasteiger charge is 2.12. The maximum atomic E-state index is 12.5. The molecule has 0 radical (unpaired) electrons. The molecule has 3 aromatic carbocycles. The Morgan fingerprint density at radius 3 is 2.27 bits per heavy atom. The molecule has 7 nitrogen and oxygen atoms in total. The van der Waals surface area contributed by atoms with Crippen LogP contribution in [0.4, 0.5) is 0 Å². The predicted molar refractivity (Wildman–Crippen MR) is 133 cm³/mol. The molecule has 0 atom stereocenters. The second-order valence-corrected chi connectivity index (χ2v) is 8.08. The van der Waals surface area contributed by atoms with Crippen LogP contribution < -0.4 is 25.6 Å². The summed E-state index contributed by atoms with van der Waals surface area (Å²) in [5, 5.41) is 2.48. The van der Waals surface area contributed by atoms with Gasteiger partial charge in [0.25, 0.3) is 11.8 Å². The number of carbonyl (C=O) groups excluding carboxylic acids is 2. The molecular weight excluding hydrogens is 506 g/mol. The van der Waals surface area contributed by atoms with Crippen LogP contribution in [0.5, 0.6) is 11.5 Å². The van der Waals surface area contributed by atoms with E-state index in [-0.39, 0.29) is 5.11 Å². The number of rotatable bonds is 7. The number of hydrogen-bond acceptors (Lipinski definition) is 5. The molecule has 0 aliphatic rings. The maximum absolute atomic E-state index is 12.5. The van der Waals surface area contributed by atoms with Crippen molar-refractivity contribution in [3.05, 3.63) is 94.0 Å². The highest BCUT2D eigenvalue weighted by atomic mass is 79.9. The van der Waals surface area contributed by atoms with E-state index in [9.17, 15) is 9.59 Å². The summed E-state index contributed by atoms with van der Waals surface area (Å²) in [6.45, 7) is 0.510. The topological polar surface area (TPSA) is 88.7 Å². The van der Waals surface area contributed by atoms with Gasteiger partial charge in [-0.15, -0.1) is 0 Å². The normalized spacial score (nSPS) is 10.1. The number of nitrogens with one attached hydrogen (secondary N) is 3. The summed E-state index contributed by atoms with van der Waals surface area (Å²) in [7, 11) is 1.54. The van der Waals surface area contributed by atoms with Gasteiger partial charge in [-0.2, -0.15) is 0 Å². The van der Waals surface area contributed by atoms with E-state index in [1.807, 2.05) is 30.3 Å². The molecule has 3 aromatic rings. The fraction of sp³-hybridized carbons (Fsp3) is 0.125. The first-order valence-corrected chi connectivity index (χ1v) is 11.2. The van der Waals surface area contributed by atoms with Crippen LogP contribution in [0, 0.1) is 0 Å². The van der Waals surface area contributed by atoms with Crippen molar-refractivity contribution < 1.29 is 19.1 Å². The summed E-state index contributed by atoms with van der Waals surface area (Å²) in [6.07, 6.45) is 0.775. The van der Waals surface area contributed by atoms with Crippen molar-refractivity contribution in [2.45, 2.75) is 6.42 Å². The Balaban J connectivity index is 1.47. The van der Waals surface area contributed by atoms with E-state index < -0.39 is 11.8 Å². The number of carbonyl (C=O) groups is 2. The number of amides is 2. The first kappa shape index (κ1) is 24.2. The highest BCUT2D eigenvalue weighted by molar-refractivity contribution is 9.10. The number of ether oxygens (including phenoxy) is 2. The third-order valence-electron chi connectivity index (χ3n) is 4.55. The summed E-state index contributed by atoms with van der Waals surface area (Å²) < 4.78 is 11.5. The van der Waals surface area contributed by atoms with Gasteiger partial charge in [0.15, 0.2) is 5.11 Å². The minimum Gasteiger partial charge on any atom is -0.497 e. The Labute approximate surface area is 205 Å². The smallest absolute Gasteiger partial charge is 0.269 e. The number of benzene rings is 3. The molecule has 2 amide bonds. The Morgan fingerprint density at radius 1 is 0.909 bits per heavy atom. The fourth-order valence-corrected chi connectivity index (χ4v) is 3.45. The van der Waals surface area contributed by atoms with Crippen LogP contribution in [0.3, 0.4) is 0 Å². The Hall–Kier alpha value is -3.43. The maximum Gasteiger partial charge on any atom is 0.269 e. The molecule has 0 bridgehead atoms. The van der Waals surface area contributed by atoms with Crippen molar-refractivity contribution in [3.63, 3.8) is 0 Å². The van der Waals surface area contributed by atoms with Crippen molar-refractivity contribution in [2.75, 3.05) is 13.7 Å². The minimum atomic E-state index is -0.428. The lowest BCUT2D eigenvalue weighted by Gasteiger charge is -2.12. The zero-order valence-corrected chi connectivity index (χ0v) is 20.2. The third kappa shape index (κ3) is 7.30. The lowest BCUT2D eigenvalue weighted by atomic mass is 10.2. The second-order valence-electron chi connectivity index (χ2n) is 6.82. The highest BCUT2D eigenvalue weighted by Crippen LogP contribution is 2.26. The SMILES string of the molecule is COc1ccc(C(=O)NNC(=S)NC(=O)c2ccc(OCCc3ccccc3)c(Br)c2)cc1. The zero-order chi connectivity index (χ0) is 23.6. The van der Waals surface area contributed by atoms with Gasteiger partial charge in [-0.1, -0.05) is 30.3 Å². The molecule has 3 N–H and O–H groups in total. The van der Waals surface area contributed by atoms with Crippen LogP contribution in [-0.2, 0) is 6.42 Å². The van der Waals surface area contributed by atoms with E-state index in [0.717, 1.165) is 6.42 Å². The molecule has 0 aliphatic heterocycles. The average molecular weight is 528 g/mol. The number of methoxy groups -OCH3 is 1. The zero-order valence-electron chi connectivity index (χ0n) is 17.8. The number of halogens is 1. The Morgan fingerprint density at radius 2 is 1.61 bits per heavy atom. The van der Waals surface area contributed by atoms with E-state index >= 15 is 0 Å². The van der Waals surface area contributed by atoms with Crippen LogP contribution in [0.2, 0.25) is 0 Å². The van der Waals surface area contributed by atoms with Crippen LogP contribution in [0.1, 0.15) is 26.3 Å². The summed E-state index contributed by atoms with van der Waals surface area (Å²) in [5.74, 6) is 0.438. The molecule has 0 saturated carbocycles. The van der Waals surface area contributed by atoms with Gasteiger partial charge >= 0.3 is 0 Å². The van der Waals surface area contributed by atoms with Gasteiger partial charge in [0.05, 0.1) is 18.2 Å². The van der Waals surface area contributed by atoms with E-state index in [0.29, 0.717) is 33.7 Å². The summed E-state index contributed by atoms with van der Waals surface area (Å²) in [5.41, 5.74) is 6.92. The third-order valence-corrected chi connectivity index (χ3v) is 5.38. The van der Waals surface area contributed by atoms with Gasteiger partial charge in [-0.3, -0.25) is 25.8 Å². The molecule has 0 fully saturated rings. The molecule has 0 saturated heterocycles. The van der Waals surface area contributed by atoms with E-state index in [2.05, 4.69) is 32.1 Å². The predicted octanol–water partition coefficient (Wildman–Crippen LogP) is 4.03. The monoisotopic (exact) mass is 527 g/mol. The largest absolute Gasteiger partial charge is 0.497 e. The van der Waals surface area contributed by atoms with Crippen molar-refractivity contribution in [1.29, 1.82) is 0 Å². The summed E-state index contributed by atoms with van der Waals surface area (Å²) >= 11 is 8.52. The Kier molecular flexibility index (Phi) is 8.79. The number of hydrogen-bond donors (Lipinski definition) is 3. The van der Waals surface area contributed by atoms with Gasteiger partial charge < -0.3 is 9.47 Å². The molecule has 0 aliphatic carbocycles. The van der Waals surface area contributed by atoms with E-state index in [1.54, 1.807) is 49.6 Å². The Bertz CT molecular complexity index is 1120. The van der Waals surface area contributed by atoms with Crippen LogP contribution in [-0.4, -0.2) is 30.6 Å². The van der Waals surface area contributed by atoms with Crippen LogP contribution in [0.25, 0.3) is 0 Å². The molecule has 0 aromatic heterocycles. The molecule has 0 unspecified atom stereocenters. The first-order chi connectivity index (χ1) is 16.0. The van der Waals surface area contributed by atoms with Gasteiger partial charge in [-0.25, -0.2) is 0 Å². The number of thiocarbonyl (C=S) groups is 1. The van der Waals surface area contributed by atoms with Gasteiger partial charge in [0, 0.05) is 17.5 Å². The molecule has 3 rings (SSSR count). The van der Waals surface area contributed by atoms with Crippen molar-refractivity contribution >= 4 is 45.1 Å². The van der Waals surface area contributed by atoms with Gasteiger partial charge in [0.1, 0.15) is 11.5 Å². The minimum absolute atomic E-state index is 0.0406. The van der Waals surface area contributed by atoms with Gasteiger partial charge in [-0.05, 0) is 76.2 Å². The lowest BCUT2D eigenvalue weighted by molar-refractivity contribution is 0.0934. The average Bonchev–Trinajstić information content (AvgIpc) is 2.84. The van der Waals surface area contributed by atoms with E-state index in [4.69, 9.17) is 21.7 Å². The molecule has 9 heteroatoms. The van der Waals surface area contributed by atoms with Crippen LogP contribution >= 0.6 is 28.1 Å². The van der Waals surface area contributed by atoms with Gasteiger partial charge in [0.2, 0.25) is 0 Å². The second kappa shape index (κ2) is 12.0. The quantitative estimate of drug-likeness (QED) is 0.317. The molecule has 0 heterocycles. The molecular formula is C24H22BrN3O4S. The van der Waals surface area contributed by atoms with Crippen molar-refractivity contribution in [3.8, 4) is 11.5 Å². The molecule has 33 heavy (non-hydrogen) atoms.